The molecule has 1 amide bonds. The summed E-state index contributed by atoms with van der Waals surface area (Å²) in [5, 5.41) is 7.11. The van der Waals surface area contributed by atoms with Crippen molar-refractivity contribution in [1.82, 2.24) is 10.2 Å². The molecule has 1 aliphatic heterocycles. The van der Waals surface area contributed by atoms with E-state index in [1.54, 1.807) is 0 Å². The summed E-state index contributed by atoms with van der Waals surface area (Å²) in [4.78, 5) is 14.4. The Morgan fingerprint density at radius 3 is 2.30 bits per heavy atom. The summed E-state index contributed by atoms with van der Waals surface area (Å²) >= 11 is 5.33. The van der Waals surface area contributed by atoms with Gasteiger partial charge in [-0.15, -0.1) is 0 Å². The Morgan fingerprint density at radius 1 is 1.13 bits per heavy atom. The summed E-state index contributed by atoms with van der Waals surface area (Å²) in [5.41, 5.74) is 1.65. The van der Waals surface area contributed by atoms with Gasteiger partial charge in [0.25, 0.3) is 5.91 Å². The van der Waals surface area contributed by atoms with Crippen LogP contribution in [0.25, 0.3) is 0 Å². The van der Waals surface area contributed by atoms with E-state index in [9.17, 15) is 4.79 Å². The normalized spacial score (nSPS) is 14.7. The number of thiocarbonyl (C=S) groups is 1. The molecule has 1 fully saturated rings. The number of nitrogens with zero attached hydrogens (tertiary/aromatic N) is 1. The molecular formula is C18H27N3OS. The van der Waals surface area contributed by atoms with Crippen molar-refractivity contribution in [3.05, 3.63) is 29.8 Å². The molecule has 0 atom stereocenters. The van der Waals surface area contributed by atoms with Crippen LogP contribution in [0.4, 0.5) is 5.69 Å². The summed E-state index contributed by atoms with van der Waals surface area (Å²) in [6.07, 6.45) is 5.54. The Morgan fingerprint density at radius 2 is 1.74 bits per heavy atom. The number of carbonyl (C=O) groups is 1. The minimum Gasteiger partial charge on any atom is -0.360 e. The molecule has 0 aromatic heterocycles. The van der Waals surface area contributed by atoms with E-state index in [1.807, 2.05) is 29.2 Å². The average Bonchev–Trinajstić information content (AvgIpc) is 2.60. The second kappa shape index (κ2) is 8.87. The largest absolute Gasteiger partial charge is 0.360 e. The lowest BCUT2D eigenvalue weighted by atomic mass is 10.1. The molecule has 23 heavy (non-hydrogen) atoms. The Balaban J connectivity index is 1.91. The van der Waals surface area contributed by atoms with Crippen LogP contribution in [-0.2, 0) is 0 Å². The first-order valence-corrected chi connectivity index (χ1v) is 9.01. The number of benzene rings is 1. The Labute approximate surface area is 144 Å². The molecule has 0 saturated carbocycles. The van der Waals surface area contributed by atoms with Crippen molar-refractivity contribution in [1.29, 1.82) is 0 Å². The lowest BCUT2D eigenvalue weighted by molar-refractivity contribution is 0.0724. The molecular weight excluding hydrogens is 306 g/mol. The Kier molecular flexibility index (Phi) is 6.84. The van der Waals surface area contributed by atoms with E-state index in [2.05, 4.69) is 24.5 Å². The van der Waals surface area contributed by atoms with Crippen LogP contribution >= 0.6 is 12.2 Å². The van der Waals surface area contributed by atoms with Gasteiger partial charge in [-0.2, -0.15) is 0 Å². The lowest BCUT2D eigenvalue weighted by Gasteiger charge is -2.26. The quantitative estimate of drug-likeness (QED) is 0.805. The fourth-order valence-electron chi connectivity index (χ4n) is 2.82. The maximum atomic E-state index is 12.4. The van der Waals surface area contributed by atoms with Gasteiger partial charge in [-0.05, 0) is 68.6 Å². The Hall–Kier alpha value is -1.62. The second-order valence-corrected chi connectivity index (χ2v) is 6.45. The number of nitrogens with one attached hydrogen (secondary N) is 2. The SMILES string of the molecule is CCC(CC)NC(=S)Nc1ccc(C(=O)N2CCCCC2)cc1. The number of piperidine rings is 1. The number of carbonyl (C=O) groups excluding carboxylic acids is 1. The molecule has 0 unspecified atom stereocenters. The van der Waals surface area contributed by atoms with Crippen LogP contribution in [0.3, 0.4) is 0 Å². The van der Waals surface area contributed by atoms with E-state index in [0.29, 0.717) is 11.2 Å². The second-order valence-electron chi connectivity index (χ2n) is 6.04. The van der Waals surface area contributed by atoms with E-state index in [1.165, 1.54) is 6.42 Å². The first-order chi connectivity index (χ1) is 11.1. The van der Waals surface area contributed by atoms with Crippen LogP contribution in [0, 0.1) is 0 Å². The van der Waals surface area contributed by atoms with Crippen LogP contribution in [-0.4, -0.2) is 35.1 Å². The van der Waals surface area contributed by atoms with Crippen molar-refractivity contribution in [2.45, 2.75) is 52.0 Å². The van der Waals surface area contributed by atoms with Gasteiger partial charge in [0.1, 0.15) is 0 Å². The van der Waals surface area contributed by atoms with Gasteiger partial charge in [-0.3, -0.25) is 4.79 Å². The monoisotopic (exact) mass is 333 g/mol. The highest BCUT2D eigenvalue weighted by Crippen LogP contribution is 2.15. The highest BCUT2D eigenvalue weighted by atomic mass is 32.1. The van der Waals surface area contributed by atoms with Gasteiger partial charge in [0, 0.05) is 30.4 Å². The molecule has 1 aliphatic rings. The molecule has 5 heteroatoms. The van der Waals surface area contributed by atoms with Crippen LogP contribution in [0.2, 0.25) is 0 Å². The Bertz CT molecular complexity index is 520. The topological polar surface area (TPSA) is 44.4 Å². The predicted molar refractivity (Wildman–Crippen MR) is 99.9 cm³/mol. The van der Waals surface area contributed by atoms with Crippen LogP contribution in [0.15, 0.2) is 24.3 Å². The van der Waals surface area contributed by atoms with Crippen LogP contribution < -0.4 is 10.6 Å². The van der Waals surface area contributed by atoms with Crippen LogP contribution in [0.5, 0.6) is 0 Å². The third-order valence-corrected chi connectivity index (χ3v) is 4.57. The standard InChI is InChI=1S/C18H27N3OS/c1-3-15(4-2)19-18(23)20-16-10-8-14(9-11-16)17(22)21-12-6-5-7-13-21/h8-11,15H,3-7,12-13H2,1-2H3,(H2,19,20,23). The van der Waals surface area contributed by atoms with Gasteiger partial charge in [0.2, 0.25) is 0 Å². The van der Waals surface area contributed by atoms with Crippen molar-refractivity contribution in [2.24, 2.45) is 0 Å². The predicted octanol–water partition coefficient (Wildman–Crippen LogP) is 3.79. The van der Waals surface area contributed by atoms with Crippen LogP contribution in [0.1, 0.15) is 56.3 Å². The first-order valence-electron chi connectivity index (χ1n) is 8.61. The number of rotatable bonds is 5. The third-order valence-electron chi connectivity index (χ3n) is 4.35. The van der Waals surface area contributed by atoms with Crippen molar-refractivity contribution in [2.75, 3.05) is 18.4 Å². The van der Waals surface area contributed by atoms with Crippen molar-refractivity contribution >= 4 is 28.9 Å². The summed E-state index contributed by atoms with van der Waals surface area (Å²) < 4.78 is 0. The van der Waals surface area contributed by atoms with E-state index in [-0.39, 0.29) is 5.91 Å². The molecule has 1 aromatic rings. The molecule has 4 nitrogen and oxygen atoms in total. The molecule has 0 aliphatic carbocycles. The molecule has 2 N–H and O–H groups in total. The molecule has 0 spiro atoms. The highest BCUT2D eigenvalue weighted by molar-refractivity contribution is 7.80. The van der Waals surface area contributed by atoms with Gasteiger partial charge in [-0.25, -0.2) is 0 Å². The van der Waals surface area contributed by atoms with Gasteiger partial charge >= 0.3 is 0 Å². The van der Waals surface area contributed by atoms with Gasteiger partial charge in [0.05, 0.1) is 0 Å². The van der Waals surface area contributed by atoms with E-state index in [4.69, 9.17) is 12.2 Å². The number of hydrogen-bond donors (Lipinski definition) is 2. The molecule has 1 saturated heterocycles. The summed E-state index contributed by atoms with van der Waals surface area (Å²) in [6.45, 7) is 6.04. The minimum atomic E-state index is 0.133. The highest BCUT2D eigenvalue weighted by Gasteiger charge is 2.17. The number of anilines is 1. The van der Waals surface area contributed by atoms with E-state index in [0.717, 1.165) is 50.0 Å². The zero-order chi connectivity index (χ0) is 16.7. The lowest BCUT2D eigenvalue weighted by Crippen LogP contribution is -2.37. The summed E-state index contributed by atoms with van der Waals surface area (Å²) in [5.74, 6) is 0.133. The van der Waals surface area contributed by atoms with E-state index < -0.39 is 0 Å². The van der Waals surface area contributed by atoms with Gasteiger partial charge < -0.3 is 15.5 Å². The average molecular weight is 334 g/mol. The summed E-state index contributed by atoms with van der Waals surface area (Å²) in [6, 6.07) is 7.98. The molecule has 1 heterocycles. The van der Waals surface area contributed by atoms with E-state index >= 15 is 0 Å². The number of hydrogen-bond acceptors (Lipinski definition) is 2. The summed E-state index contributed by atoms with van der Waals surface area (Å²) in [7, 11) is 0. The maximum absolute atomic E-state index is 12.4. The van der Waals surface area contributed by atoms with Crippen molar-refractivity contribution < 1.29 is 4.79 Å². The third kappa shape index (κ3) is 5.20. The smallest absolute Gasteiger partial charge is 0.253 e. The number of likely N-dealkylation sites (tertiary alicyclic amines) is 1. The van der Waals surface area contributed by atoms with Gasteiger partial charge in [-0.1, -0.05) is 13.8 Å². The first kappa shape index (κ1) is 17.7. The van der Waals surface area contributed by atoms with Gasteiger partial charge in [0.15, 0.2) is 5.11 Å². The maximum Gasteiger partial charge on any atom is 0.253 e. The molecule has 0 radical (unpaired) electrons. The fraction of sp³-hybridized carbons (Fsp3) is 0.556. The minimum absolute atomic E-state index is 0.133. The number of amides is 1. The molecule has 0 bridgehead atoms. The zero-order valence-electron chi connectivity index (χ0n) is 14.1. The van der Waals surface area contributed by atoms with Crippen molar-refractivity contribution in [3.8, 4) is 0 Å². The molecule has 1 aromatic carbocycles. The zero-order valence-corrected chi connectivity index (χ0v) is 14.9. The fourth-order valence-corrected chi connectivity index (χ4v) is 3.11. The molecule has 126 valence electrons. The molecule has 2 rings (SSSR count). The van der Waals surface area contributed by atoms with Crippen molar-refractivity contribution in [3.63, 3.8) is 0 Å².